The number of esters is 2. The largest absolute Gasteiger partial charge is 0.386 e. The van der Waals surface area contributed by atoms with Crippen molar-refractivity contribution in [3.63, 3.8) is 0 Å². The number of aromatic nitrogens is 8. The van der Waals surface area contributed by atoms with E-state index in [9.17, 15) is 9.59 Å². The molecule has 0 unspecified atom stereocenters. The number of ether oxygens (including phenoxy) is 2. The van der Waals surface area contributed by atoms with Gasteiger partial charge < -0.3 is 19.7 Å². The van der Waals surface area contributed by atoms with E-state index < -0.39 is 11.9 Å². The van der Waals surface area contributed by atoms with Crippen molar-refractivity contribution in [2.45, 2.75) is 94.9 Å². The minimum absolute atomic E-state index is 0.0845. The third-order valence-corrected chi connectivity index (χ3v) is 12.0. The highest BCUT2D eigenvalue weighted by molar-refractivity contribution is 6.02. The highest BCUT2D eigenvalue weighted by Gasteiger charge is 2.26. The molecule has 0 amide bonds. The Morgan fingerprint density at radius 1 is 0.649 bits per heavy atom. The van der Waals surface area contributed by atoms with E-state index in [-0.39, 0.29) is 11.1 Å². The number of rotatable bonds is 9. The zero-order chi connectivity index (χ0) is 38.3. The van der Waals surface area contributed by atoms with Gasteiger partial charge in [-0.2, -0.15) is 20.2 Å². The van der Waals surface area contributed by atoms with Crippen molar-refractivity contribution >= 4 is 45.4 Å². The van der Waals surface area contributed by atoms with Crippen LogP contribution in [0.4, 0.5) is 11.6 Å². The van der Waals surface area contributed by atoms with E-state index in [1.54, 1.807) is 0 Å². The Morgan fingerprint density at radius 3 is 1.77 bits per heavy atom. The van der Waals surface area contributed by atoms with Crippen LogP contribution in [0.5, 0.6) is 0 Å². The van der Waals surface area contributed by atoms with Crippen LogP contribution < -0.4 is 10.2 Å². The SMILES string of the molecule is O=C(OC(=O)c1cnn(-c2nc(N3CCOCC3)c3cc(C4CCCCC4)ccc3n2)c1)c1cnn(-c2nc(NC3CC3)c3cc(C4CCCCC4)ccc3n2)c1. The van der Waals surface area contributed by atoms with Gasteiger partial charge in [-0.05, 0) is 85.8 Å². The first kappa shape index (κ1) is 35.6. The Bertz CT molecular complexity index is 2460. The molecule has 14 heteroatoms. The lowest BCUT2D eigenvalue weighted by molar-refractivity contribution is 0.0397. The summed E-state index contributed by atoms with van der Waals surface area (Å²) in [4.78, 5) is 48.3. The molecule has 57 heavy (non-hydrogen) atoms. The molecule has 292 valence electrons. The number of morpholine rings is 1. The monoisotopic (exact) mass is 766 g/mol. The summed E-state index contributed by atoms with van der Waals surface area (Å²) in [7, 11) is 0. The molecule has 1 N–H and O–H groups in total. The second-order valence-corrected chi connectivity index (χ2v) is 16.0. The molecule has 0 radical (unpaired) electrons. The predicted octanol–water partition coefficient (Wildman–Crippen LogP) is 7.45. The van der Waals surface area contributed by atoms with Crippen LogP contribution in [-0.4, -0.2) is 83.8 Å². The standard InChI is InChI=1S/C43H46N10O4/c54-40(31-23-44-52(25-31)42-47-36-15-11-29(27-7-3-1-4-8-27)21-34(36)38(49-42)46-33-13-14-33)57-41(55)32-24-45-53(26-32)43-48-37-16-12-30(28-9-5-2-6-10-28)22-35(37)39(50-43)51-17-19-56-20-18-51/h11-12,15-16,21-28,33H,1-10,13-14,17-20H2,(H,46,47,49). The average molecular weight is 767 g/mol. The lowest BCUT2D eigenvalue weighted by Gasteiger charge is -2.29. The maximum Gasteiger partial charge on any atom is 0.349 e. The first-order valence-electron chi connectivity index (χ1n) is 20.6. The van der Waals surface area contributed by atoms with E-state index in [2.05, 4.69) is 56.8 Å². The van der Waals surface area contributed by atoms with Gasteiger partial charge in [-0.25, -0.2) is 28.9 Å². The minimum atomic E-state index is -0.850. The summed E-state index contributed by atoms with van der Waals surface area (Å²) in [5, 5.41) is 14.3. The summed E-state index contributed by atoms with van der Waals surface area (Å²) in [5.74, 6) is 1.63. The summed E-state index contributed by atoms with van der Waals surface area (Å²) >= 11 is 0. The van der Waals surface area contributed by atoms with E-state index in [1.807, 2.05) is 0 Å². The topological polar surface area (TPSA) is 155 Å². The average Bonchev–Trinajstić information content (AvgIpc) is 3.69. The van der Waals surface area contributed by atoms with Crippen LogP contribution in [0.3, 0.4) is 0 Å². The van der Waals surface area contributed by atoms with Crippen molar-refractivity contribution in [2.75, 3.05) is 36.5 Å². The minimum Gasteiger partial charge on any atom is -0.386 e. The number of benzene rings is 2. The van der Waals surface area contributed by atoms with Gasteiger partial charge in [-0.1, -0.05) is 50.7 Å². The highest BCUT2D eigenvalue weighted by Crippen LogP contribution is 2.37. The molecule has 0 bridgehead atoms. The second kappa shape index (κ2) is 15.3. The maximum atomic E-state index is 13.3. The summed E-state index contributed by atoms with van der Waals surface area (Å²) in [5.41, 5.74) is 4.43. The molecular formula is C43H46N10O4. The van der Waals surface area contributed by atoms with Crippen LogP contribution in [-0.2, 0) is 9.47 Å². The van der Waals surface area contributed by atoms with Gasteiger partial charge in [0.1, 0.15) is 11.6 Å². The van der Waals surface area contributed by atoms with Gasteiger partial charge in [0.25, 0.3) is 11.9 Å². The number of anilines is 2. The zero-order valence-electron chi connectivity index (χ0n) is 32.0. The fraction of sp³-hybridized carbons (Fsp3) is 0.442. The fourth-order valence-electron chi connectivity index (χ4n) is 8.66. The van der Waals surface area contributed by atoms with Gasteiger partial charge in [0.05, 0.1) is 47.8 Å². The van der Waals surface area contributed by atoms with Crippen LogP contribution in [0, 0.1) is 0 Å². The van der Waals surface area contributed by atoms with Crippen molar-refractivity contribution in [3.8, 4) is 11.9 Å². The van der Waals surface area contributed by atoms with Crippen molar-refractivity contribution in [1.82, 2.24) is 39.5 Å². The third kappa shape index (κ3) is 7.45. The number of nitrogens with one attached hydrogen (secondary N) is 1. The number of hydrogen-bond donors (Lipinski definition) is 1. The van der Waals surface area contributed by atoms with E-state index in [4.69, 9.17) is 29.4 Å². The van der Waals surface area contributed by atoms with Crippen molar-refractivity contribution in [3.05, 3.63) is 83.4 Å². The van der Waals surface area contributed by atoms with Crippen molar-refractivity contribution < 1.29 is 19.1 Å². The van der Waals surface area contributed by atoms with Crippen molar-refractivity contribution in [1.29, 1.82) is 0 Å². The zero-order valence-corrected chi connectivity index (χ0v) is 32.0. The summed E-state index contributed by atoms with van der Waals surface area (Å²) in [6.45, 7) is 2.65. The molecule has 1 saturated heterocycles. The molecule has 1 aliphatic heterocycles. The summed E-state index contributed by atoms with van der Waals surface area (Å²) < 4.78 is 13.8. The van der Waals surface area contributed by atoms with E-state index in [1.165, 1.54) is 109 Å². The number of carbonyl (C=O) groups excluding carboxylic acids is 2. The first-order valence-corrected chi connectivity index (χ1v) is 20.6. The van der Waals surface area contributed by atoms with E-state index in [0.29, 0.717) is 56.1 Å². The van der Waals surface area contributed by atoms with Crippen LogP contribution in [0.25, 0.3) is 33.7 Å². The van der Waals surface area contributed by atoms with Gasteiger partial charge >= 0.3 is 11.9 Å². The first-order chi connectivity index (χ1) is 28.0. The fourth-order valence-corrected chi connectivity index (χ4v) is 8.66. The number of carbonyl (C=O) groups is 2. The number of hydrogen-bond acceptors (Lipinski definition) is 12. The molecule has 6 aromatic rings. The Kier molecular flexibility index (Phi) is 9.56. The van der Waals surface area contributed by atoms with Crippen LogP contribution in [0.1, 0.15) is 121 Å². The third-order valence-electron chi connectivity index (χ3n) is 12.0. The highest BCUT2D eigenvalue weighted by atomic mass is 16.6. The Balaban J connectivity index is 0.874. The Labute approximate surface area is 330 Å². The molecule has 10 rings (SSSR count). The van der Waals surface area contributed by atoms with Gasteiger partial charge in [0, 0.05) is 42.3 Å². The van der Waals surface area contributed by atoms with Gasteiger partial charge in [-0.3, -0.25) is 0 Å². The normalized spacial score (nSPS) is 18.3. The number of fused-ring (bicyclic) bond motifs is 2. The van der Waals surface area contributed by atoms with Gasteiger partial charge in [-0.15, -0.1) is 0 Å². The van der Waals surface area contributed by atoms with Crippen LogP contribution >= 0.6 is 0 Å². The van der Waals surface area contributed by atoms with E-state index >= 15 is 0 Å². The molecule has 0 spiro atoms. The molecule has 5 heterocycles. The molecule has 3 aliphatic carbocycles. The van der Waals surface area contributed by atoms with Crippen molar-refractivity contribution in [2.24, 2.45) is 0 Å². The molecule has 4 aliphatic rings. The molecule has 14 nitrogen and oxygen atoms in total. The number of nitrogens with zero attached hydrogens (tertiary/aromatic N) is 9. The van der Waals surface area contributed by atoms with Gasteiger partial charge in [0.2, 0.25) is 0 Å². The van der Waals surface area contributed by atoms with Crippen LogP contribution in [0.15, 0.2) is 61.2 Å². The lowest BCUT2D eigenvalue weighted by Crippen LogP contribution is -2.37. The molecule has 2 aromatic carbocycles. The Hall–Kier alpha value is -5.76. The summed E-state index contributed by atoms with van der Waals surface area (Å²) in [6, 6.07) is 13.4. The lowest BCUT2D eigenvalue weighted by atomic mass is 9.84. The quantitative estimate of drug-likeness (QED) is 0.115. The molecule has 4 fully saturated rings. The predicted molar refractivity (Wildman–Crippen MR) is 214 cm³/mol. The maximum absolute atomic E-state index is 13.3. The summed E-state index contributed by atoms with van der Waals surface area (Å²) in [6.07, 6.45) is 20.3. The molecule has 4 aromatic heterocycles. The van der Waals surface area contributed by atoms with Gasteiger partial charge in [0.15, 0.2) is 0 Å². The molecular weight excluding hydrogens is 721 g/mol. The molecule has 3 saturated carbocycles. The smallest absolute Gasteiger partial charge is 0.349 e. The molecule has 0 atom stereocenters. The van der Waals surface area contributed by atoms with Crippen LogP contribution in [0.2, 0.25) is 0 Å². The van der Waals surface area contributed by atoms with E-state index in [0.717, 1.165) is 46.3 Å². The Morgan fingerprint density at radius 2 is 1.19 bits per heavy atom. The second-order valence-electron chi connectivity index (χ2n) is 16.0.